The van der Waals surface area contributed by atoms with Gasteiger partial charge in [-0.3, -0.25) is 24.0 Å². The lowest BCUT2D eigenvalue weighted by molar-refractivity contribution is -0.123. The van der Waals surface area contributed by atoms with E-state index in [9.17, 15) is 24.0 Å². The fourth-order valence-electron chi connectivity index (χ4n) is 4.87. The molecule has 5 rings (SSSR count). The number of allylic oxidation sites excluding steroid dienone is 2. The lowest BCUT2D eigenvalue weighted by atomic mass is 9.95. The molecule has 0 aromatic heterocycles. The summed E-state index contributed by atoms with van der Waals surface area (Å²) in [6.07, 6.45) is 6.28. The predicted octanol–water partition coefficient (Wildman–Crippen LogP) is 8.97. The van der Waals surface area contributed by atoms with E-state index in [4.69, 9.17) is 0 Å². The third kappa shape index (κ3) is 10.2. The zero-order valence-electron chi connectivity index (χ0n) is 28.5. The van der Waals surface area contributed by atoms with Gasteiger partial charge in [0.25, 0.3) is 11.8 Å². The number of carbonyl (C=O) groups is 5. The molecule has 0 saturated carbocycles. The Morgan fingerprint density at radius 1 is 0.451 bits per heavy atom. The zero-order chi connectivity index (χ0) is 36.4. The summed E-state index contributed by atoms with van der Waals surface area (Å²) in [6, 6.07) is 36.3. The highest BCUT2D eigenvalue weighted by Crippen LogP contribution is 2.23. The highest BCUT2D eigenvalue weighted by Gasteiger charge is 2.23. The first-order valence-electron chi connectivity index (χ1n) is 16.3. The van der Waals surface area contributed by atoms with Crippen LogP contribution in [0.2, 0.25) is 0 Å². The van der Waals surface area contributed by atoms with Gasteiger partial charge in [-0.15, -0.1) is 0 Å². The summed E-state index contributed by atoms with van der Waals surface area (Å²) in [4.78, 5) is 65.0. The SMILES string of the molecule is CC(C)(C)C(=O)Nc1cc(C(=O)Nc2cccc(C=CC(=O)c3ccccc3)c2)cc(C(=O)Nc2cccc(C=CC(=O)c3ccccc3)c2)c1. The van der Waals surface area contributed by atoms with Gasteiger partial charge in [0.15, 0.2) is 11.6 Å². The highest BCUT2D eigenvalue weighted by atomic mass is 16.2. The third-order valence-corrected chi connectivity index (χ3v) is 7.66. The van der Waals surface area contributed by atoms with E-state index in [1.807, 2.05) is 24.3 Å². The molecule has 0 saturated heterocycles. The van der Waals surface area contributed by atoms with Gasteiger partial charge < -0.3 is 16.0 Å². The standard InChI is InChI=1S/C43H37N3O5/c1-43(2,3)42(51)46-37-27-33(40(49)44-35-18-10-12-29(24-35)20-22-38(47)31-14-6-4-7-15-31)26-34(28-37)41(50)45-36-19-11-13-30(25-36)21-23-39(48)32-16-8-5-9-17-32/h4-28H,1-3H3,(H,44,49)(H,45,50)(H,46,51). The Balaban J connectivity index is 1.35. The second kappa shape index (κ2) is 16.2. The Bertz CT molecular complexity index is 2010. The van der Waals surface area contributed by atoms with Gasteiger partial charge in [0.2, 0.25) is 5.91 Å². The maximum absolute atomic E-state index is 13.6. The van der Waals surface area contributed by atoms with E-state index in [1.165, 1.54) is 30.4 Å². The van der Waals surface area contributed by atoms with Crippen LogP contribution in [0.3, 0.4) is 0 Å². The first kappa shape index (κ1) is 35.6. The van der Waals surface area contributed by atoms with E-state index >= 15 is 0 Å². The molecule has 3 N–H and O–H groups in total. The van der Waals surface area contributed by atoms with Gasteiger partial charge >= 0.3 is 0 Å². The van der Waals surface area contributed by atoms with Crippen molar-refractivity contribution < 1.29 is 24.0 Å². The molecule has 0 unspecified atom stereocenters. The molecule has 0 atom stereocenters. The molecule has 0 radical (unpaired) electrons. The van der Waals surface area contributed by atoms with Gasteiger partial charge in [0.1, 0.15) is 0 Å². The van der Waals surface area contributed by atoms with Crippen LogP contribution in [0, 0.1) is 5.41 Å². The largest absolute Gasteiger partial charge is 0.326 e. The summed E-state index contributed by atoms with van der Waals surface area (Å²) in [5.74, 6) is -1.60. The van der Waals surface area contributed by atoms with Gasteiger partial charge in [0, 0.05) is 44.7 Å². The minimum atomic E-state index is -0.730. The maximum atomic E-state index is 13.6. The third-order valence-electron chi connectivity index (χ3n) is 7.66. The van der Waals surface area contributed by atoms with Crippen molar-refractivity contribution in [2.45, 2.75) is 20.8 Å². The minimum absolute atomic E-state index is 0.142. The second-order valence-electron chi connectivity index (χ2n) is 12.8. The normalized spacial score (nSPS) is 11.3. The molecule has 254 valence electrons. The van der Waals surface area contributed by atoms with Crippen molar-refractivity contribution in [1.29, 1.82) is 0 Å². The lowest BCUT2D eigenvalue weighted by Crippen LogP contribution is -2.28. The van der Waals surface area contributed by atoms with Crippen LogP contribution in [0.25, 0.3) is 12.2 Å². The molecule has 0 fully saturated rings. The second-order valence-corrected chi connectivity index (χ2v) is 12.8. The Morgan fingerprint density at radius 2 is 0.882 bits per heavy atom. The van der Waals surface area contributed by atoms with Gasteiger partial charge in [-0.2, -0.15) is 0 Å². The number of anilines is 3. The lowest BCUT2D eigenvalue weighted by Gasteiger charge is -2.19. The van der Waals surface area contributed by atoms with E-state index in [0.29, 0.717) is 33.6 Å². The van der Waals surface area contributed by atoms with Crippen LogP contribution in [-0.2, 0) is 4.79 Å². The number of hydrogen-bond donors (Lipinski definition) is 3. The number of amides is 3. The molecule has 8 nitrogen and oxygen atoms in total. The smallest absolute Gasteiger partial charge is 0.255 e. The molecular formula is C43H37N3O5. The number of carbonyl (C=O) groups excluding carboxylic acids is 5. The molecule has 0 heterocycles. The van der Waals surface area contributed by atoms with Gasteiger partial charge in [-0.05, 0) is 65.7 Å². The number of rotatable bonds is 11. The Labute approximate surface area is 296 Å². The number of ketones is 2. The molecule has 0 aliphatic rings. The van der Waals surface area contributed by atoms with E-state index in [0.717, 1.165) is 0 Å². The Kier molecular flexibility index (Phi) is 11.3. The van der Waals surface area contributed by atoms with E-state index in [2.05, 4.69) is 16.0 Å². The zero-order valence-corrected chi connectivity index (χ0v) is 28.5. The monoisotopic (exact) mass is 675 g/mol. The van der Waals surface area contributed by atoms with Crippen molar-refractivity contribution >= 4 is 58.5 Å². The summed E-state index contributed by atoms with van der Waals surface area (Å²) in [5, 5.41) is 8.52. The Hall–Kier alpha value is -6.67. The highest BCUT2D eigenvalue weighted by molar-refractivity contribution is 6.11. The molecule has 5 aromatic rings. The molecule has 0 aliphatic heterocycles. The van der Waals surface area contributed by atoms with Crippen LogP contribution in [0.1, 0.15) is 73.3 Å². The Morgan fingerprint density at radius 3 is 1.29 bits per heavy atom. The van der Waals surface area contributed by atoms with Crippen molar-refractivity contribution in [2.24, 2.45) is 5.41 Å². The average Bonchev–Trinajstić information content (AvgIpc) is 3.13. The maximum Gasteiger partial charge on any atom is 0.255 e. The fraction of sp³-hybridized carbons (Fsp3) is 0.0930. The van der Waals surface area contributed by atoms with E-state index in [-0.39, 0.29) is 34.3 Å². The molecule has 5 aromatic carbocycles. The molecular weight excluding hydrogens is 638 g/mol. The van der Waals surface area contributed by atoms with Gasteiger partial charge in [-0.25, -0.2) is 0 Å². The van der Waals surface area contributed by atoms with Crippen molar-refractivity contribution in [3.63, 3.8) is 0 Å². The van der Waals surface area contributed by atoms with E-state index < -0.39 is 17.2 Å². The van der Waals surface area contributed by atoms with Crippen LogP contribution in [-0.4, -0.2) is 29.3 Å². The summed E-state index contributed by atoms with van der Waals surface area (Å²) in [7, 11) is 0. The molecule has 0 spiro atoms. The molecule has 0 bridgehead atoms. The number of hydrogen-bond acceptors (Lipinski definition) is 5. The quantitative estimate of drug-likeness (QED) is 0.0953. The first-order chi connectivity index (χ1) is 24.4. The van der Waals surface area contributed by atoms with Crippen LogP contribution >= 0.6 is 0 Å². The summed E-state index contributed by atoms with van der Waals surface area (Å²) >= 11 is 0. The molecule has 8 heteroatoms. The van der Waals surface area contributed by atoms with Crippen molar-refractivity contribution in [3.05, 3.63) is 173 Å². The van der Waals surface area contributed by atoms with Crippen LogP contribution < -0.4 is 16.0 Å². The first-order valence-corrected chi connectivity index (χ1v) is 16.3. The average molecular weight is 676 g/mol. The van der Waals surface area contributed by atoms with Crippen LogP contribution in [0.15, 0.2) is 140 Å². The van der Waals surface area contributed by atoms with Crippen LogP contribution in [0.5, 0.6) is 0 Å². The minimum Gasteiger partial charge on any atom is -0.326 e. The summed E-state index contributed by atoms with van der Waals surface area (Å²) in [5.41, 5.74) is 3.31. The fourth-order valence-corrected chi connectivity index (χ4v) is 4.87. The van der Waals surface area contributed by atoms with Crippen molar-refractivity contribution in [3.8, 4) is 0 Å². The molecule has 51 heavy (non-hydrogen) atoms. The number of nitrogens with one attached hydrogen (secondary N) is 3. The van der Waals surface area contributed by atoms with Crippen molar-refractivity contribution in [1.82, 2.24) is 0 Å². The van der Waals surface area contributed by atoms with Gasteiger partial charge in [-0.1, -0.05) is 118 Å². The van der Waals surface area contributed by atoms with Crippen LogP contribution in [0.4, 0.5) is 17.1 Å². The topological polar surface area (TPSA) is 121 Å². The summed E-state index contributed by atoms with van der Waals surface area (Å²) < 4.78 is 0. The summed E-state index contributed by atoms with van der Waals surface area (Å²) in [6.45, 7) is 5.28. The predicted molar refractivity (Wildman–Crippen MR) is 203 cm³/mol. The van der Waals surface area contributed by atoms with E-state index in [1.54, 1.807) is 118 Å². The van der Waals surface area contributed by atoms with Crippen molar-refractivity contribution in [2.75, 3.05) is 16.0 Å². The molecule has 3 amide bonds. The van der Waals surface area contributed by atoms with Gasteiger partial charge in [0.05, 0.1) is 0 Å². The number of benzene rings is 5. The molecule has 0 aliphatic carbocycles.